The van der Waals surface area contributed by atoms with E-state index in [1.54, 1.807) is 0 Å². The Labute approximate surface area is 418 Å². The van der Waals surface area contributed by atoms with E-state index in [0.717, 1.165) is 53.7 Å². The Hall–Kier alpha value is -4.35. The van der Waals surface area contributed by atoms with Crippen molar-refractivity contribution in [2.24, 2.45) is 41.4 Å². The highest BCUT2D eigenvalue weighted by Crippen LogP contribution is 2.74. The zero-order valence-corrected chi connectivity index (χ0v) is 44.7. The molecule has 6 aromatic rings. The molecule has 3 nitrogen and oxygen atoms in total. The van der Waals surface area contributed by atoms with Gasteiger partial charge in [-0.25, -0.2) is 4.98 Å². The maximum Gasteiger partial charge on any atom is 0.266 e. The maximum atomic E-state index is 6.33. The maximum absolute atomic E-state index is 6.33. The van der Waals surface area contributed by atoms with Gasteiger partial charge in [0, 0.05) is 43.0 Å². The first-order valence-corrected chi connectivity index (χ1v) is 27.9. The smallest absolute Gasteiger partial charge is 0.266 e. The van der Waals surface area contributed by atoms with Crippen LogP contribution in [0.25, 0.3) is 10.1 Å². The first-order chi connectivity index (χ1) is 32.5. The number of anilines is 6. The summed E-state index contributed by atoms with van der Waals surface area (Å²) in [5.41, 5.74) is 18.3. The van der Waals surface area contributed by atoms with Crippen molar-refractivity contribution >= 4 is 78.1 Å². The minimum atomic E-state index is -0.00695. The highest BCUT2D eigenvalue weighted by atomic mass is 32.1. The van der Waals surface area contributed by atoms with Gasteiger partial charge < -0.3 is 4.90 Å². The van der Waals surface area contributed by atoms with E-state index in [0.29, 0.717) is 0 Å². The quantitative estimate of drug-likeness (QED) is 0.165. The molecule has 0 N–H and O–H groups in total. The lowest BCUT2D eigenvalue weighted by Gasteiger charge is -2.72. The van der Waals surface area contributed by atoms with Gasteiger partial charge in [0.1, 0.15) is 5.82 Å². The molecule has 0 atom stereocenters. The summed E-state index contributed by atoms with van der Waals surface area (Å²) in [6.45, 7) is 31.3. The molecule has 7 fully saturated rings. The molecule has 4 heterocycles. The molecule has 16 rings (SSSR count). The lowest BCUT2D eigenvalue weighted by Crippen LogP contribution is -2.66. The molecule has 0 saturated heterocycles. The van der Waals surface area contributed by atoms with Crippen molar-refractivity contribution in [2.45, 2.75) is 167 Å². The summed E-state index contributed by atoms with van der Waals surface area (Å²) in [5.74, 6) is 7.64. The Morgan fingerprint density at radius 1 is 0.565 bits per heavy atom. The van der Waals surface area contributed by atoms with E-state index in [2.05, 4.69) is 185 Å². The van der Waals surface area contributed by atoms with Gasteiger partial charge in [-0.2, -0.15) is 0 Å². The van der Waals surface area contributed by atoms with E-state index < -0.39 is 0 Å². The van der Waals surface area contributed by atoms with Crippen LogP contribution in [0.15, 0.2) is 84.9 Å². The molecule has 0 amide bonds. The SMILES string of the molecule is CC(C)(C)c1ccc(N2c3ccc(C(C)(C)C)cc3B3c4sc5ccc(C(C)(C)C)cc5c4N(c4ccc5c(c4)C(C)(C)CC5(C)C)c4cc([C@]56CC7C8CC9C[C@H]7C(C5)[C@H](C9)C8C6)nc2c43)cc1. The average Bonchev–Trinajstić information content (AvgIpc) is 3.75. The minimum absolute atomic E-state index is 0.00695. The summed E-state index contributed by atoms with van der Waals surface area (Å²) in [5, 5.41) is 1.39. The number of thiophene rings is 1. The molecular weight excluding hydrogens is 854 g/mol. The lowest BCUT2D eigenvalue weighted by atomic mass is 9.32. The van der Waals surface area contributed by atoms with Crippen molar-refractivity contribution in [3.63, 3.8) is 0 Å². The number of aromatic nitrogens is 1. The van der Waals surface area contributed by atoms with Gasteiger partial charge >= 0.3 is 0 Å². The van der Waals surface area contributed by atoms with E-state index >= 15 is 0 Å². The van der Waals surface area contributed by atoms with Crippen LogP contribution in [0.2, 0.25) is 0 Å². The zero-order chi connectivity index (χ0) is 47.9. The zero-order valence-electron chi connectivity index (χ0n) is 43.9. The van der Waals surface area contributed by atoms with Crippen molar-refractivity contribution in [3.05, 3.63) is 118 Å². The number of fused-ring (bicyclic) bond motifs is 7. The molecule has 7 saturated carbocycles. The van der Waals surface area contributed by atoms with Crippen LogP contribution < -0.4 is 25.5 Å². The number of benzene rings is 4. The largest absolute Gasteiger partial charge is 0.310 e. The second-order valence-corrected chi connectivity index (χ2v) is 29.7. The second kappa shape index (κ2) is 13.6. The summed E-state index contributed by atoms with van der Waals surface area (Å²) in [6.07, 6.45) is 9.67. The van der Waals surface area contributed by atoms with E-state index in [1.165, 1.54) is 126 Å². The van der Waals surface area contributed by atoms with Crippen LogP contribution in [0.5, 0.6) is 0 Å². The van der Waals surface area contributed by atoms with Crippen LogP contribution >= 0.6 is 11.3 Å². The first-order valence-electron chi connectivity index (χ1n) is 27.1. The topological polar surface area (TPSA) is 19.4 Å². The summed E-state index contributed by atoms with van der Waals surface area (Å²) in [7, 11) is 0. The Morgan fingerprint density at radius 3 is 1.75 bits per heavy atom. The second-order valence-electron chi connectivity index (χ2n) is 28.6. The summed E-state index contributed by atoms with van der Waals surface area (Å²) in [4.78, 5) is 11.8. The highest BCUT2D eigenvalue weighted by molar-refractivity contribution is 7.33. The van der Waals surface area contributed by atoms with Gasteiger partial charge in [-0.15, -0.1) is 11.3 Å². The Kier molecular flexibility index (Phi) is 8.55. The molecule has 354 valence electrons. The fourth-order valence-corrected chi connectivity index (χ4v) is 18.8. The van der Waals surface area contributed by atoms with E-state index in [1.807, 2.05) is 11.3 Å². The standard InChI is InChI=1S/C64H74BN3S/c1-59(2,3)36-14-18-39(19-15-36)68-51-22-16-38(61(7,8)9)28-50(51)65-55-52(30-54(66-58(55)68)64-31-45-41-24-35-25-42(45)47(33-64)43(26-35)46(41)32-64)67(40-20-21-48-49(29-40)63(12,13)34-62(48,10)11)56-44-27-37(60(4,5)6)17-23-53(44)69-57(56)65/h14-23,27-30,35,41-43,45-47H,24-26,31-34H2,1-13H3/t35?,41-,42-,43?,45?,46?,47?,64-/m0/s1. The Morgan fingerprint density at radius 2 is 1.13 bits per heavy atom. The molecule has 0 unspecified atom stereocenters. The third kappa shape index (κ3) is 5.95. The van der Waals surface area contributed by atoms with Crippen molar-refractivity contribution in [3.8, 4) is 0 Å². The fraction of sp³-hybridized carbons (Fsp3) is 0.516. The van der Waals surface area contributed by atoms with Crippen LogP contribution in [-0.2, 0) is 32.5 Å². The van der Waals surface area contributed by atoms with Crippen molar-refractivity contribution in [2.75, 3.05) is 9.80 Å². The summed E-state index contributed by atoms with van der Waals surface area (Å²) in [6, 6.07) is 34.9. The van der Waals surface area contributed by atoms with Gasteiger partial charge in [-0.05, 0) is 201 Å². The fourth-order valence-electron chi connectivity index (χ4n) is 17.5. The molecule has 0 radical (unpaired) electrons. The summed E-state index contributed by atoms with van der Waals surface area (Å²) < 4.78 is 2.83. The van der Waals surface area contributed by atoms with Gasteiger partial charge in [0.2, 0.25) is 0 Å². The predicted molar refractivity (Wildman–Crippen MR) is 294 cm³/mol. The van der Waals surface area contributed by atoms with Crippen LogP contribution in [0.4, 0.5) is 34.3 Å². The van der Waals surface area contributed by atoms with Crippen molar-refractivity contribution < 1.29 is 0 Å². The number of pyridine rings is 1. The predicted octanol–water partition coefficient (Wildman–Crippen LogP) is 15.2. The molecule has 5 heteroatoms. The van der Waals surface area contributed by atoms with Gasteiger partial charge in [-0.3, -0.25) is 4.90 Å². The van der Waals surface area contributed by atoms with Gasteiger partial charge in [0.05, 0.1) is 11.4 Å². The first kappa shape index (κ1) is 43.4. The molecule has 8 bridgehead atoms. The molecule has 4 aromatic carbocycles. The third-order valence-electron chi connectivity index (χ3n) is 20.4. The van der Waals surface area contributed by atoms with Crippen LogP contribution in [0.1, 0.15) is 168 Å². The Bertz CT molecular complexity index is 3120. The molecule has 2 aliphatic heterocycles. The van der Waals surface area contributed by atoms with E-state index in [9.17, 15) is 0 Å². The molecular formula is C64H74BN3S. The van der Waals surface area contributed by atoms with E-state index in [-0.39, 0.29) is 39.2 Å². The van der Waals surface area contributed by atoms with Crippen molar-refractivity contribution in [1.82, 2.24) is 4.98 Å². The van der Waals surface area contributed by atoms with Crippen molar-refractivity contribution in [1.29, 1.82) is 0 Å². The monoisotopic (exact) mass is 928 g/mol. The lowest BCUT2D eigenvalue weighted by molar-refractivity contribution is -0.213. The number of hydrogen-bond acceptors (Lipinski definition) is 4. The minimum Gasteiger partial charge on any atom is -0.310 e. The van der Waals surface area contributed by atoms with Crippen LogP contribution in [0, 0.1) is 41.4 Å². The molecule has 8 aliphatic carbocycles. The molecule has 2 aromatic heterocycles. The third-order valence-corrected chi connectivity index (χ3v) is 21.6. The van der Waals surface area contributed by atoms with Crippen LogP contribution in [0.3, 0.4) is 0 Å². The molecule has 0 spiro atoms. The average molecular weight is 928 g/mol. The molecule has 69 heavy (non-hydrogen) atoms. The normalized spacial score (nSPS) is 29.5. The van der Waals surface area contributed by atoms with Gasteiger partial charge in [0.25, 0.3) is 6.71 Å². The number of nitrogens with zero attached hydrogens (tertiary/aromatic N) is 3. The van der Waals surface area contributed by atoms with Crippen LogP contribution in [-0.4, -0.2) is 11.7 Å². The Balaban J connectivity index is 1.09. The number of rotatable bonds is 3. The number of hydrogen-bond donors (Lipinski definition) is 0. The summed E-state index contributed by atoms with van der Waals surface area (Å²) >= 11 is 2.04. The van der Waals surface area contributed by atoms with E-state index in [4.69, 9.17) is 4.98 Å². The van der Waals surface area contributed by atoms with Gasteiger partial charge in [-0.1, -0.05) is 126 Å². The van der Waals surface area contributed by atoms with Gasteiger partial charge in [0.15, 0.2) is 0 Å². The highest BCUT2D eigenvalue weighted by Gasteiger charge is 2.68. The molecule has 10 aliphatic rings.